The van der Waals surface area contributed by atoms with Crippen molar-refractivity contribution in [3.8, 4) is 0 Å². The van der Waals surface area contributed by atoms with Crippen LogP contribution < -0.4 is 11.1 Å². The summed E-state index contributed by atoms with van der Waals surface area (Å²) in [4.78, 5) is 26.1. The maximum atomic E-state index is 12.3. The molecule has 1 aliphatic heterocycles. The Morgan fingerprint density at radius 2 is 2.05 bits per heavy atom. The summed E-state index contributed by atoms with van der Waals surface area (Å²) in [6.45, 7) is 8.35. The average molecular weight is 269 g/mol. The molecule has 5 heteroatoms. The van der Waals surface area contributed by atoms with Crippen molar-refractivity contribution in [2.45, 2.75) is 33.6 Å². The molecule has 1 saturated heterocycles. The molecule has 0 aromatic rings. The van der Waals surface area contributed by atoms with Gasteiger partial charge in [0.25, 0.3) is 0 Å². The first kappa shape index (κ1) is 16.0. The normalized spacial score (nSPS) is 21.3. The van der Waals surface area contributed by atoms with Gasteiger partial charge in [-0.25, -0.2) is 0 Å². The zero-order chi connectivity index (χ0) is 14.4. The molecule has 2 atom stereocenters. The highest BCUT2D eigenvalue weighted by Crippen LogP contribution is 2.21. The van der Waals surface area contributed by atoms with Gasteiger partial charge in [0, 0.05) is 32.1 Å². The number of rotatable bonds is 5. The largest absolute Gasteiger partial charge is 0.355 e. The number of amides is 2. The van der Waals surface area contributed by atoms with Crippen LogP contribution in [0.15, 0.2) is 0 Å². The Kier molecular flexibility index (Phi) is 6.28. The predicted octanol–water partition coefficient (Wildman–Crippen LogP) is 0.592. The van der Waals surface area contributed by atoms with Gasteiger partial charge in [-0.05, 0) is 18.8 Å². The quantitative estimate of drug-likeness (QED) is 0.767. The lowest BCUT2D eigenvalue weighted by Crippen LogP contribution is -2.48. The molecular formula is C14H27N3O2. The van der Waals surface area contributed by atoms with Crippen molar-refractivity contribution in [1.29, 1.82) is 0 Å². The minimum atomic E-state index is -0.0800. The highest BCUT2D eigenvalue weighted by atomic mass is 16.2. The molecular weight excluding hydrogens is 242 g/mol. The molecule has 0 bridgehead atoms. The van der Waals surface area contributed by atoms with E-state index in [-0.39, 0.29) is 23.7 Å². The van der Waals surface area contributed by atoms with Gasteiger partial charge in [0.05, 0.1) is 5.92 Å². The molecule has 5 nitrogen and oxygen atoms in total. The molecule has 0 aromatic carbocycles. The van der Waals surface area contributed by atoms with E-state index in [9.17, 15) is 9.59 Å². The van der Waals surface area contributed by atoms with E-state index in [4.69, 9.17) is 5.73 Å². The van der Waals surface area contributed by atoms with Crippen molar-refractivity contribution in [3.05, 3.63) is 0 Å². The molecule has 2 amide bonds. The Morgan fingerprint density at radius 1 is 1.37 bits per heavy atom. The van der Waals surface area contributed by atoms with Gasteiger partial charge in [0.15, 0.2) is 0 Å². The predicted molar refractivity (Wildman–Crippen MR) is 75.4 cm³/mol. The molecule has 0 aromatic heterocycles. The van der Waals surface area contributed by atoms with Gasteiger partial charge >= 0.3 is 0 Å². The van der Waals surface area contributed by atoms with Crippen LogP contribution in [0.25, 0.3) is 0 Å². The monoisotopic (exact) mass is 269 g/mol. The molecule has 3 N–H and O–H groups in total. The number of carbonyl (C=O) groups excluding carboxylic acids is 2. The second-order valence-corrected chi connectivity index (χ2v) is 5.74. The number of hydrogen-bond donors (Lipinski definition) is 2. The molecule has 110 valence electrons. The van der Waals surface area contributed by atoms with E-state index >= 15 is 0 Å². The minimum Gasteiger partial charge on any atom is -0.355 e. The highest BCUT2D eigenvalue weighted by molar-refractivity contribution is 5.82. The van der Waals surface area contributed by atoms with Crippen LogP contribution in [-0.4, -0.2) is 42.9 Å². The van der Waals surface area contributed by atoms with E-state index < -0.39 is 0 Å². The van der Waals surface area contributed by atoms with Crippen LogP contribution in [0.5, 0.6) is 0 Å². The Bertz CT molecular complexity index is 318. The van der Waals surface area contributed by atoms with Crippen LogP contribution >= 0.6 is 0 Å². The smallest absolute Gasteiger partial charge is 0.225 e. The number of nitrogens with two attached hydrogens (primary N) is 1. The van der Waals surface area contributed by atoms with Crippen molar-refractivity contribution in [3.63, 3.8) is 0 Å². The van der Waals surface area contributed by atoms with E-state index in [1.54, 1.807) is 0 Å². The van der Waals surface area contributed by atoms with Crippen molar-refractivity contribution in [2.24, 2.45) is 23.5 Å². The standard InChI is InChI=1S/C14H27N3O2/c1-10(2)11(3)14(19)17-8-4-5-12(9-17)13(18)16-7-6-15/h10-12H,4-9,15H2,1-3H3,(H,16,18). The van der Waals surface area contributed by atoms with Gasteiger partial charge in [-0.1, -0.05) is 20.8 Å². The number of hydrogen-bond acceptors (Lipinski definition) is 3. The lowest BCUT2D eigenvalue weighted by atomic mass is 9.92. The number of carbonyl (C=O) groups is 2. The summed E-state index contributed by atoms with van der Waals surface area (Å²) < 4.78 is 0. The summed E-state index contributed by atoms with van der Waals surface area (Å²) in [6, 6.07) is 0. The van der Waals surface area contributed by atoms with Crippen LogP contribution in [0, 0.1) is 17.8 Å². The van der Waals surface area contributed by atoms with Crippen molar-refractivity contribution >= 4 is 11.8 Å². The lowest BCUT2D eigenvalue weighted by Gasteiger charge is -2.34. The highest BCUT2D eigenvalue weighted by Gasteiger charge is 2.30. The molecule has 1 heterocycles. The SMILES string of the molecule is CC(C)C(C)C(=O)N1CCCC(C(=O)NCCN)C1. The summed E-state index contributed by atoms with van der Waals surface area (Å²) in [6.07, 6.45) is 1.76. The Balaban J connectivity index is 2.54. The van der Waals surface area contributed by atoms with Gasteiger partial charge in [-0.2, -0.15) is 0 Å². The van der Waals surface area contributed by atoms with Gasteiger partial charge < -0.3 is 16.0 Å². The maximum absolute atomic E-state index is 12.3. The van der Waals surface area contributed by atoms with Gasteiger partial charge in [0.1, 0.15) is 0 Å². The fraction of sp³-hybridized carbons (Fsp3) is 0.857. The van der Waals surface area contributed by atoms with Crippen molar-refractivity contribution in [2.75, 3.05) is 26.2 Å². The molecule has 0 spiro atoms. The van der Waals surface area contributed by atoms with E-state index in [0.717, 1.165) is 19.4 Å². The lowest BCUT2D eigenvalue weighted by molar-refractivity contribution is -0.140. The molecule has 2 unspecified atom stereocenters. The first-order valence-corrected chi connectivity index (χ1v) is 7.24. The molecule has 1 rings (SSSR count). The number of likely N-dealkylation sites (tertiary alicyclic amines) is 1. The molecule has 0 radical (unpaired) electrons. The molecule has 0 saturated carbocycles. The summed E-state index contributed by atoms with van der Waals surface area (Å²) in [5, 5.41) is 2.81. The summed E-state index contributed by atoms with van der Waals surface area (Å²) in [7, 11) is 0. The molecule has 19 heavy (non-hydrogen) atoms. The maximum Gasteiger partial charge on any atom is 0.225 e. The second-order valence-electron chi connectivity index (χ2n) is 5.74. The topological polar surface area (TPSA) is 75.4 Å². The minimum absolute atomic E-state index is 0.0193. The Hall–Kier alpha value is -1.10. The fourth-order valence-corrected chi connectivity index (χ4v) is 2.30. The molecule has 0 aliphatic carbocycles. The first-order chi connectivity index (χ1) is 8.97. The number of nitrogens with one attached hydrogen (secondary N) is 1. The van der Waals surface area contributed by atoms with E-state index in [0.29, 0.717) is 25.6 Å². The first-order valence-electron chi connectivity index (χ1n) is 7.24. The zero-order valence-electron chi connectivity index (χ0n) is 12.3. The van der Waals surface area contributed by atoms with Crippen molar-refractivity contribution < 1.29 is 9.59 Å². The molecule has 1 fully saturated rings. The van der Waals surface area contributed by atoms with E-state index in [2.05, 4.69) is 19.2 Å². The third kappa shape index (κ3) is 4.49. The second kappa shape index (κ2) is 7.48. The van der Waals surface area contributed by atoms with Crippen LogP contribution in [0.2, 0.25) is 0 Å². The van der Waals surface area contributed by atoms with Crippen molar-refractivity contribution in [1.82, 2.24) is 10.2 Å². The summed E-state index contributed by atoms with van der Waals surface area (Å²) >= 11 is 0. The number of nitrogens with zero attached hydrogens (tertiary/aromatic N) is 1. The summed E-state index contributed by atoms with van der Waals surface area (Å²) in [5.41, 5.74) is 5.38. The zero-order valence-corrected chi connectivity index (χ0v) is 12.3. The third-order valence-corrected chi connectivity index (χ3v) is 3.94. The summed E-state index contributed by atoms with van der Waals surface area (Å²) in [5.74, 6) is 0.472. The van der Waals surface area contributed by atoms with E-state index in [1.807, 2.05) is 11.8 Å². The van der Waals surface area contributed by atoms with Crippen LogP contribution in [0.3, 0.4) is 0 Å². The van der Waals surface area contributed by atoms with Gasteiger partial charge in [-0.15, -0.1) is 0 Å². The molecule has 1 aliphatic rings. The van der Waals surface area contributed by atoms with Crippen LogP contribution in [0.4, 0.5) is 0 Å². The van der Waals surface area contributed by atoms with Crippen LogP contribution in [0.1, 0.15) is 33.6 Å². The average Bonchev–Trinajstić information content (AvgIpc) is 2.43. The Labute approximate surface area is 115 Å². The van der Waals surface area contributed by atoms with E-state index in [1.165, 1.54) is 0 Å². The Morgan fingerprint density at radius 3 is 2.63 bits per heavy atom. The fourth-order valence-electron chi connectivity index (χ4n) is 2.30. The van der Waals surface area contributed by atoms with Gasteiger partial charge in [0.2, 0.25) is 11.8 Å². The van der Waals surface area contributed by atoms with Crippen LogP contribution in [-0.2, 0) is 9.59 Å². The number of piperidine rings is 1. The van der Waals surface area contributed by atoms with Gasteiger partial charge in [-0.3, -0.25) is 9.59 Å². The third-order valence-electron chi connectivity index (χ3n) is 3.94.